The molecule has 7 heteroatoms. The molecule has 2 aromatic carbocycles. The molecule has 3 heterocycles. The van der Waals surface area contributed by atoms with Crippen LogP contribution in [-0.4, -0.2) is 34.4 Å². The highest BCUT2D eigenvalue weighted by atomic mass is 16.7. The number of hydrogen-bond donors (Lipinski definition) is 0. The smallest absolute Gasteiger partial charge is 0.231 e. The molecule has 1 aliphatic carbocycles. The maximum absolute atomic E-state index is 6.29. The van der Waals surface area contributed by atoms with Crippen molar-refractivity contribution in [1.82, 2.24) is 0 Å². The van der Waals surface area contributed by atoms with Gasteiger partial charge in [0.15, 0.2) is 23.0 Å². The lowest BCUT2D eigenvalue weighted by atomic mass is 9.77. The van der Waals surface area contributed by atoms with Crippen molar-refractivity contribution in [3.05, 3.63) is 23.3 Å². The Kier molecular flexibility index (Phi) is 3.59. The average molecular weight is 398 g/mol. The molecule has 3 atom stereocenters. The number of fused-ring (bicyclic) bond motifs is 8. The van der Waals surface area contributed by atoms with Gasteiger partial charge < -0.3 is 33.2 Å². The van der Waals surface area contributed by atoms with Gasteiger partial charge in [0.2, 0.25) is 25.1 Å². The van der Waals surface area contributed by atoms with E-state index in [9.17, 15) is 0 Å². The number of methoxy groups -OCH3 is 2. The van der Waals surface area contributed by atoms with Crippen LogP contribution in [0.5, 0.6) is 34.5 Å². The molecule has 0 radical (unpaired) electrons. The van der Waals surface area contributed by atoms with Crippen molar-refractivity contribution >= 4 is 0 Å². The minimum atomic E-state index is -0.0540. The molecule has 0 spiro atoms. The van der Waals surface area contributed by atoms with E-state index in [-0.39, 0.29) is 19.7 Å². The SMILES string of the molecule is COc1c2c(cc3c1-c1c(cc4c(c1OC)OCO4)C1OCC(C3)C1C)OCO2. The van der Waals surface area contributed by atoms with Crippen LogP contribution in [0.3, 0.4) is 0 Å². The lowest BCUT2D eigenvalue weighted by Gasteiger charge is -2.29. The highest BCUT2D eigenvalue weighted by Crippen LogP contribution is 2.60. The summed E-state index contributed by atoms with van der Waals surface area (Å²) in [6.07, 6.45) is 0.804. The summed E-state index contributed by atoms with van der Waals surface area (Å²) < 4.78 is 41.0. The van der Waals surface area contributed by atoms with Gasteiger partial charge in [0.25, 0.3) is 0 Å². The summed E-state index contributed by atoms with van der Waals surface area (Å²) in [5, 5.41) is 0. The first-order chi connectivity index (χ1) is 14.2. The van der Waals surface area contributed by atoms with Crippen LogP contribution in [0.1, 0.15) is 24.2 Å². The van der Waals surface area contributed by atoms with E-state index in [4.69, 9.17) is 33.2 Å². The molecule has 6 rings (SSSR count). The number of ether oxygens (including phenoxy) is 7. The standard InChI is InChI=1S/C22H22O7/c1-10-12-4-11-5-14-19(28-8-26-14)21(23-2)16(11)17-13(18(10)25-7-12)6-15-20(22(17)24-3)29-9-27-15/h5-6,10,12,18H,4,7-9H2,1-3H3. The molecule has 3 aliphatic heterocycles. The van der Waals surface area contributed by atoms with Crippen molar-refractivity contribution in [3.63, 3.8) is 0 Å². The second-order valence-electron chi connectivity index (χ2n) is 7.86. The second kappa shape index (κ2) is 6.10. The molecule has 1 saturated heterocycles. The summed E-state index contributed by atoms with van der Waals surface area (Å²) >= 11 is 0. The number of hydrogen-bond acceptors (Lipinski definition) is 7. The molecule has 0 N–H and O–H groups in total. The first-order valence-electron chi connectivity index (χ1n) is 9.83. The zero-order chi connectivity index (χ0) is 19.7. The molecular formula is C22H22O7. The van der Waals surface area contributed by atoms with Gasteiger partial charge in [-0.05, 0) is 41.5 Å². The number of rotatable bonds is 2. The highest BCUT2D eigenvalue weighted by Gasteiger charge is 2.43. The van der Waals surface area contributed by atoms with E-state index in [1.54, 1.807) is 14.2 Å². The lowest BCUT2D eigenvalue weighted by molar-refractivity contribution is 0.0937. The maximum atomic E-state index is 6.29. The minimum Gasteiger partial charge on any atom is -0.492 e. The van der Waals surface area contributed by atoms with Crippen molar-refractivity contribution in [2.45, 2.75) is 19.4 Å². The minimum absolute atomic E-state index is 0.0540. The first-order valence-corrected chi connectivity index (χ1v) is 9.83. The van der Waals surface area contributed by atoms with E-state index in [1.165, 1.54) is 0 Å². The van der Waals surface area contributed by atoms with Gasteiger partial charge in [-0.25, -0.2) is 0 Å². The van der Waals surface area contributed by atoms with E-state index in [1.807, 2.05) is 6.07 Å². The van der Waals surface area contributed by atoms with Gasteiger partial charge in [-0.3, -0.25) is 0 Å². The van der Waals surface area contributed by atoms with Crippen LogP contribution in [0.25, 0.3) is 11.1 Å². The molecular weight excluding hydrogens is 376 g/mol. The first kappa shape index (κ1) is 17.1. The molecule has 3 unspecified atom stereocenters. The monoisotopic (exact) mass is 398 g/mol. The van der Waals surface area contributed by atoms with Gasteiger partial charge in [0.05, 0.1) is 26.9 Å². The van der Waals surface area contributed by atoms with Crippen LogP contribution < -0.4 is 28.4 Å². The lowest BCUT2D eigenvalue weighted by Crippen LogP contribution is -2.18. The van der Waals surface area contributed by atoms with E-state index < -0.39 is 0 Å². The summed E-state index contributed by atoms with van der Waals surface area (Å²) in [5.74, 6) is 4.67. The van der Waals surface area contributed by atoms with Crippen LogP contribution >= 0.6 is 0 Å². The van der Waals surface area contributed by atoms with Gasteiger partial charge in [-0.1, -0.05) is 6.92 Å². The molecule has 0 aromatic heterocycles. The average Bonchev–Trinajstić information content (AvgIpc) is 3.46. The molecule has 2 bridgehead atoms. The predicted molar refractivity (Wildman–Crippen MR) is 102 cm³/mol. The van der Waals surface area contributed by atoms with Crippen molar-refractivity contribution in [2.75, 3.05) is 34.4 Å². The summed E-state index contributed by atoms with van der Waals surface area (Å²) in [7, 11) is 3.31. The Morgan fingerprint density at radius 1 is 0.862 bits per heavy atom. The van der Waals surface area contributed by atoms with E-state index in [0.29, 0.717) is 52.9 Å². The molecule has 152 valence electrons. The van der Waals surface area contributed by atoms with Gasteiger partial charge in [0.1, 0.15) is 0 Å². The topological polar surface area (TPSA) is 64.6 Å². The second-order valence-corrected chi connectivity index (χ2v) is 7.86. The molecule has 1 fully saturated rings. The van der Waals surface area contributed by atoms with Crippen LogP contribution in [-0.2, 0) is 11.2 Å². The summed E-state index contributed by atoms with van der Waals surface area (Å²) in [5.41, 5.74) is 4.03. The molecule has 7 nitrogen and oxygen atoms in total. The Balaban J connectivity index is 1.74. The van der Waals surface area contributed by atoms with Crippen LogP contribution in [0.4, 0.5) is 0 Å². The summed E-state index contributed by atoms with van der Waals surface area (Å²) in [6, 6.07) is 4.10. The molecule has 0 amide bonds. The fraction of sp³-hybridized carbons (Fsp3) is 0.455. The Morgan fingerprint density at radius 3 is 2.21 bits per heavy atom. The van der Waals surface area contributed by atoms with Crippen molar-refractivity contribution in [2.24, 2.45) is 11.8 Å². The largest absolute Gasteiger partial charge is 0.492 e. The van der Waals surface area contributed by atoms with Gasteiger partial charge in [0, 0.05) is 11.1 Å². The van der Waals surface area contributed by atoms with Gasteiger partial charge in [-0.2, -0.15) is 0 Å². The van der Waals surface area contributed by atoms with E-state index in [0.717, 1.165) is 28.7 Å². The Morgan fingerprint density at radius 2 is 1.52 bits per heavy atom. The van der Waals surface area contributed by atoms with E-state index >= 15 is 0 Å². The van der Waals surface area contributed by atoms with E-state index in [2.05, 4.69) is 13.0 Å². The fourth-order valence-electron chi connectivity index (χ4n) is 5.08. The molecule has 29 heavy (non-hydrogen) atoms. The molecule has 4 aliphatic rings. The number of benzene rings is 2. The fourth-order valence-corrected chi connectivity index (χ4v) is 5.08. The Labute approximate surface area is 168 Å². The third kappa shape index (κ3) is 2.22. The summed E-state index contributed by atoms with van der Waals surface area (Å²) in [4.78, 5) is 0. The zero-order valence-corrected chi connectivity index (χ0v) is 16.6. The molecule has 2 aromatic rings. The van der Waals surface area contributed by atoms with Crippen LogP contribution in [0.15, 0.2) is 12.1 Å². The Hall–Kier alpha value is -2.80. The predicted octanol–water partition coefficient (Wildman–Crippen LogP) is 3.71. The van der Waals surface area contributed by atoms with Gasteiger partial charge in [-0.15, -0.1) is 0 Å². The van der Waals surface area contributed by atoms with Gasteiger partial charge >= 0.3 is 0 Å². The van der Waals surface area contributed by atoms with Crippen molar-refractivity contribution < 1.29 is 33.2 Å². The summed E-state index contributed by atoms with van der Waals surface area (Å²) in [6.45, 7) is 3.31. The van der Waals surface area contributed by atoms with Crippen LogP contribution in [0, 0.1) is 11.8 Å². The quantitative estimate of drug-likeness (QED) is 0.764. The maximum Gasteiger partial charge on any atom is 0.231 e. The normalized spacial score (nSPS) is 25.1. The third-order valence-electron chi connectivity index (χ3n) is 6.51. The Bertz CT molecular complexity index is 1020. The molecule has 0 saturated carbocycles. The van der Waals surface area contributed by atoms with Crippen molar-refractivity contribution in [3.8, 4) is 45.6 Å². The zero-order valence-electron chi connectivity index (χ0n) is 16.6. The van der Waals surface area contributed by atoms with Crippen molar-refractivity contribution in [1.29, 1.82) is 0 Å². The third-order valence-corrected chi connectivity index (χ3v) is 6.51. The highest BCUT2D eigenvalue weighted by molar-refractivity contribution is 5.89. The van der Waals surface area contributed by atoms with Crippen LogP contribution in [0.2, 0.25) is 0 Å².